The number of phenols is 1. The Bertz CT molecular complexity index is 816. The van der Waals surface area contributed by atoms with Gasteiger partial charge in [-0.05, 0) is 92.8 Å². The van der Waals surface area contributed by atoms with E-state index in [2.05, 4.69) is 13.5 Å². The predicted molar refractivity (Wildman–Crippen MR) is 123 cm³/mol. The summed E-state index contributed by atoms with van der Waals surface area (Å²) in [5.41, 5.74) is 2.40. The number of rotatable bonds is 6. The Hall–Kier alpha value is -2.92. The highest BCUT2D eigenvalue weighted by Crippen LogP contribution is 2.29. The van der Waals surface area contributed by atoms with E-state index in [0.29, 0.717) is 11.5 Å². The molecule has 3 N–H and O–H groups in total. The van der Waals surface area contributed by atoms with Crippen molar-refractivity contribution >= 4 is 11.8 Å². The van der Waals surface area contributed by atoms with Gasteiger partial charge in [0.15, 0.2) is 5.78 Å². The van der Waals surface area contributed by atoms with Crippen LogP contribution >= 0.6 is 0 Å². The molecule has 1 fully saturated rings. The summed E-state index contributed by atoms with van der Waals surface area (Å²) in [4.78, 5) is 21.9. The highest BCUT2D eigenvalue weighted by molar-refractivity contribution is 5.86. The van der Waals surface area contributed by atoms with Crippen molar-refractivity contribution in [1.82, 2.24) is 0 Å². The molecule has 0 unspecified atom stereocenters. The molecule has 0 aliphatic heterocycles. The van der Waals surface area contributed by atoms with E-state index >= 15 is 0 Å². The summed E-state index contributed by atoms with van der Waals surface area (Å²) in [6.07, 6.45) is 7.25. The third kappa shape index (κ3) is 9.62. The second-order valence-corrected chi connectivity index (χ2v) is 8.00. The molecule has 0 atom stereocenters. The van der Waals surface area contributed by atoms with E-state index in [0.717, 1.165) is 44.4 Å². The minimum atomic E-state index is -0.0799. The summed E-state index contributed by atoms with van der Waals surface area (Å²) in [6.45, 7) is 6.92. The Labute approximate surface area is 185 Å². The van der Waals surface area contributed by atoms with Gasteiger partial charge in [0.25, 0.3) is 0 Å². The number of carbonyl (C=O) groups is 2. The topological polar surface area (TPSA) is 95.1 Å². The van der Waals surface area contributed by atoms with Crippen LogP contribution in [0.25, 0.3) is 0 Å². The van der Waals surface area contributed by atoms with E-state index in [4.69, 9.17) is 4.74 Å². The molecule has 0 radical (unpaired) electrons. The monoisotopic (exact) mass is 426 g/mol. The van der Waals surface area contributed by atoms with Gasteiger partial charge in [-0.25, -0.2) is 0 Å². The van der Waals surface area contributed by atoms with Crippen molar-refractivity contribution < 1.29 is 24.9 Å². The van der Waals surface area contributed by atoms with E-state index in [1.165, 1.54) is 24.1 Å². The van der Waals surface area contributed by atoms with Crippen LogP contribution in [0.15, 0.2) is 61.2 Å². The number of aromatic hydroxyl groups is 1. The van der Waals surface area contributed by atoms with Crippen LogP contribution in [0.2, 0.25) is 0 Å². The summed E-state index contributed by atoms with van der Waals surface area (Å²) < 4.78 is 5.55. The summed E-state index contributed by atoms with van der Waals surface area (Å²) in [6, 6.07) is 15.1. The second kappa shape index (κ2) is 13.4. The number of ketones is 1. The Morgan fingerprint density at radius 1 is 0.968 bits per heavy atom. The van der Waals surface area contributed by atoms with Crippen LogP contribution < -0.4 is 4.74 Å². The Balaban J connectivity index is 0.000000721. The van der Waals surface area contributed by atoms with Crippen LogP contribution in [0.3, 0.4) is 0 Å². The molecule has 2 aromatic rings. The van der Waals surface area contributed by atoms with Crippen molar-refractivity contribution in [2.24, 2.45) is 11.8 Å². The normalized spacial score (nSPS) is 17.4. The van der Waals surface area contributed by atoms with Crippen LogP contribution in [0.5, 0.6) is 11.5 Å². The molecule has 2 aromatic carbocycles. The molecule has 1 saturated carbocycles. The van der Waals surface area contributed by atoms with Gasteiger partial charge in [-0.2, -0.15) is 0 Å². The molecule has 31 heavy (non-hydrogen) atoms. The van der Waals surface area contributed by atoms with Crippen molar-refractivity contribution in [3.63, 3.8) is 0 Å². The third-order valence-corrected chi connectivity index (χ3v) is 5.42. The predicted octanol–water partition coefficient (Wildman–Crippen LogP) is 4.85. The molecule has 0 heterocycles. The number of carbonyl (C=O) groups excluding carboxylic acids is 2. The van der Waals surface area contributed by atoms with Crippen LogP contribution in [-0.4, -0.2) is 22.3 Å². The molecule has 0 bridgehead atoms. The molecular formula is C26H34O5. The number of hydrogen-bond donors (Lipinski definition) is 1. The lowest BCUT2D eigenvalue weighted by molar-refractivity contribution is -0.140. The third-order valence-electron chi connectivity index (χ3n) is 5.42. The summed E-state index contributed by atoms with van der Waals surface area (Å²) in [5.74, 6) is 1.66. The Morgan fingerprint density at radius 2 is 1.42 bits per heavy atom. The van der Waals surface area contributed by atoms with Crippen LogP contribution in [0, 0.1) is 11.8 Å². The minimum absolute atomic E-state index is 0. The lowest BCUT2D eigenvalue weighted by Crippen LogP contribution is -2.24. The number of ether oxygens (including phenoxy) is 1. The SMILES string of the molecule is C=CC(C)=O.CC1CCC(C(=O)Oc2ccc(CCc3ccc(O)cc3)cc2)CC1.O. The second-order valence-electron chi connectivity index (χ2n) is 8.00. The van der Waals surface area contributed by atoms with E-state index in [1.54, 1.807) is 12.1 Å². The van der Waals surface area contributed by atoms with Gasteiger partial charge in [-0.15, -0.1) is 0 Å². The minimum Gasteiger partial charge on any atom is -0.508 e. The number of benzene rings is 2. The fraction of sp³-hybridized carbons (Fsp3) is 0.385. The number of esters is 1. The van der Waals surface area contributed by atoms with Gasteiger partial charge in [0.2, 0.25) is 0 Å². The molecule has 5 nitrogen and oxygen atoms in total. The standard InChI is InChI=1S/C22H26O3.C4H6O.H2O/c1-16-2-10-19(11-3-16)22(24)25-21-14-8-18(9-15-21)5-4-17-6-12-20(23)13-7-17;1-3-4(2)5;/h6-9,12-16,19,23H,2-5,10-11H2,1H3;3H,1H2,2H3;1H2. The molecule has 0 amide bonds. The van der Waals surface area contributed by atoms with Crippen molar-refractivity contribution in [2.75, 3.05) is 0 Å². The fourth-order valence-corrected chi connectivity index (χ4v) is 3.37. The molecular weight excluding hydrogens is 392 g/mol. The highest BCUT2D eigenvalue weighted by Gasteiger charge is 2.25. The van der Waals surface area contributed by atoms with Gasteiger partial charge in [0, 0.05) is 0 Å². The molecule has 0 aromatic heterocycles. The Morgan fingerprint density at radius 3 is 1.87 bits per heavy atom. The number of allylic oxidation sites excluding steroid dienone is 1. The number of phenolic OH excluding ortho intramolecular Hbond substituents is 1. The van der Waals surface area contributed by atoms with Gasteiger partial charge < -0.3 is 15.3 Å². The molecule has 168 valence electrons. The largest absolute Gasteiger partial charge is 0.508 e. The lowest BCUT2D eigenvalue weighted by Gasteiger charge is -2.24. The molecule has 1 aliphatic rings. The maximum Gasteiger partial charge on any atom is 0.314 e. The van der Waals surface area contributed by atoms with Gasteiger partial charge in [-0.1, -0.05) is 37.8 Å². The zero-order valence-electron chi connectivity index (χ0n) is 18.5. The van der Waals surface area contributed by atoms with Gasteiger partial charge in [0.05, 0.1) is 5.92 Å². The lowest BCUT2D eigenvalue weighted by atomic mass is 9.83. The average Bonchev–Trinajstić information content (AvgIpc) is 2.75. The zero-order chi connectivity index (χ0) is 21.9. The molecule has 1 aliphatic carbocycles. The van der Waals surface area contributed by atoms with Gasteiger partial charge in [0.1, 0.15) is 11.5 Å². The molecule has 3 rings (SSSR count). The quantitative estimate of drug-likeness (QED) is 0.406. The summed E-state index contributed by atoms with van der Waals surface area (Å²) >= 11 is 0. The highest BCUT2D eigenvalue weighted by atomic mass is 16.5. The summed E-state index contributed by atoms with van der Waals surface area (Å²) in [7, 11) is 0. The first-order valence-corrected chi connectivity index (χ1v) is 10.6. The van der Waals surface area contributed by atoms with Crippen molar-refractivity contribution in [1.29, 1.82) is 0 Å². The van der Waals surface area contributed by atoms with E-state index in [9.17, 15) is 14.7 Å². The molecule has 5 heteroatoms. The maximum absolute atomic E-state index is 12.3. The van der Waals surface area contributed by atoms with Crippen LogP contribution in [0.1, 0.15) is 50.7 Å². The Kier molecular flexibility index (Phi) is 11.3. The van der Waals surface area contributed by atoms with E-state index < -0.39 is 0 Å². The molecule has 0 spiro atoms. The smallest absolute Gasteiger partial charge is 0.314 e. The van der Waals surface area contributed by atoms with Crippen molar-refractivity contribution in [2.45, 2.75) is 52.4 Å². The number of hydrogen-bond acceptors (Lipinski definition) is 4. The first kappa shape index (κ1) is 26.1. The number of aryl methyl sites for hydroxylation is 2. The van der Waals surface area contributed by atoms with E-state index in [-0.39, 0.29) is 23.1 Å². The first-order chi connectivity index (χ1) is 14.4. The zero-order valence-corrected chi connectivity index (χ0v) is 18.5. The average molecular weight is 427 g/mol. The van der Waals surface area contributed by atoms with Crippen molar-refractivity contribution in [3.05, 3.63) is 72.3 Å². The van der Waals surface area contributed by atoms with Crippen LogP contribution in [-0.2, 0) is 22.4 Å². The maximum atomic E-state index is 12.3. The van der Waals surface area contributed by atoms with Crippen molar-refractivity contribution in [3.8, 4) is 11.5 Å². The van der Waals surface area contributed by atoms with Gasteiger partial charge in [-0.3, -0.25) is 9.59 Å². The van der Waals surface area contributed by atoms with E-state index in [1.807, 2.05) is 36.4 Å². The van der Waals surface area contributed by atoms with Gasteiger partial charge >= 0.3 is 5.97 Å². The summed E-state index contributed by atoms with van der Waals surface area (Å²) in [5, 5.41) is 9.31. The first-order valence-electron chi connectivity index (χ1n) is 10.6. The van der Waals surface area contributed by atoms with Crippen LogP contribution in [0.4, 0.5) is 0 Å². The fourth-order valence-electron chi connectivity index (χ4n) is 3.37. The molecule has 0 saturated heterocycles.